The number of hydrogen-bond acceptors (Lipinski definition) is 2. The molecule has 0 unspecified atom stereocenters. The van der Waals surface area contributed by atoms with Gasteiger partial charge in [0, 0.05) is 11.4 Å². The van der Waals surface area contributed by atoms with E-state index in [9.17, 15) is 9.90 Å². The Morgan fingerprint density at radius 3 is 2.39 bits per heavy atom. The number of aromatic carboxylic acids is 1. The summed E-state index contributed by atoms with van der Waals surface area (Å²) in [6, 6.07) is 11.9. The molecule has 0 fully saturated rings. The molecule has 0 aliphatic heterocycles. The molecule has 0 saturated carbocycles. The lowest BCUT2D eigenvalue weighted by molar-refractivity contribution is 0.0693. The summed E-state index contributed by atoms with van der Waals surface area (Å²) in [7, 11) is 0. The Morgan fingerprint density at radius 1 is 1.11 bits per heavy atom. The molecule has 92 valence electrons. The second kappa shape index (κ2) is 5.10. The van der Waals surface area contributed by atoms with Crippen LogP contribution in [0.5, 0.6) is 5.75 Å². The van der Waals surface area contributed by atoms with Crippen LogP contribution >= 0.6 is 11.6 Å². The van der Waals surface area contributed by atoms with Crippen molar-refractivity contribution in [1.29, 1.82) is 0 Å². The summed E-state index contributed by atoms with van der Waals surface area (Å²) >= 11 is 5.79. The summed E-state index contributed by atoms with van der Waals surface area (Å²) in [5, 5.41) is 19.4. The van der Waals surface area contributed by atoms with Crippen molar-refractivity contribution in [1.82, 2.24) is 0 Å². The number of carbonyl (C=O) groups is 1. The van der Waals surface area contributed by atoms with Crippen molar-refractivity contribution in [2.24, 2.45) is 0 Å². The van der Waals surface area contributed by atoms with E-state index in [1.807, 2.05) is 12.1 Å². The monoisotopic (exact) mass is 262 g/mol. The second-order valence-electron chi connectivity index (χ2n) is 3.92. The lowest BCUT2D eigenvalue weighted by Gasteiger charge is -2.07. The molecule has 2 N–H and O–H groups in total. The Balaban J connectivity index is 2.32. The van der Waals surface area contributed by atoms with Crippen LogP contribution in [0.25, 0.3) is 0 Å². The van der Waals surface area contributed by atoms with E-state index < -0.39 is 5.97 Å². The van der Waals surface area contributed by atoms with Crippen LogP contribution in [-0.4, -0.2) is 16.2 Å². The molecule has 2 aromatic carbocycles. The molecule has 0 saturated heterocycles. The van der Waals surface area contributed by atoms with Crippen LogP contribution in [0.4, 0.5) is 0 Å². The maximum Gasteiger partial charge on any atom is 0.339 e. The Bertz CT molecular complexity index is 576. The van der Waals surface area contributed by atoms with Crippen LogP contribution in [0.15, 0.2) is 42.5 Å². The summed E-state index contributed by atoms with van der Waals surface area (Å²) < 4.78 is 0. The smallest absolute Gasteiger partial charge is 0.339 e. The summed E-state index contributed by atoms with van der Waals surface area (Å²) in [6.45, 7) is 0. The van der Waals surface area contributed by atoms with Gasteiger partial charge in [-0.05, 0) is 29.3 Å². The zero-order valence-corrected chi connectivity index (χ0v) is 10.2. The molecule has 0 bridgehead atoms. The maximum atomic E-state index is 10.9. The van der Waals surface area contributed by atoms with Crippen LogP contribution in [0.1, 0.15) is 21.5 Å². The molecule has 4 heteroatoms. The number of carboxylic acid groups (broad SMARTS) is 1. The standard InChI is InChI=1S/C14H11ClO3/c15-11-6-4-9(5-7-11)8-10-2-1-3-12(13(10)16)14(17)18/h1-7,16H,8H2,(H,17,18). The third-order valence-electron chi connectivity index (χ3n) is 2.66. The van der Waals surface area contributed by atoms with Crippen LogP contribution in [0, 0.1) is 0 Å². The van der Waals surface area contributed by atoms with Gasteiger partial charge in [-0.2, -0.15) is 0 Å². The number of halogens is 1. The van der Waals surface area contributed by atoms with Crippen LogP contribution in [0.2, 0.25) is 5.02 Å². The first kappa shape index (κ1) is 12.5. The Kier molecular flexibility index (Phi) is 3.53. The molecule has 0 aliphatic rings. The predicted octanol–water partition coefficient (Wildman–Crippen LogP) is 3.33. The van der Waals surface area contributed by atoms with E-state index in [1.54, 1.807) is 24.3 Å². The van der Waals surface area contributed by atoms with Crippen molar-refractivity contribution >= 4 is 17.6 Å². The van der Waals surface area contributed by atoms with Crippen molar-refractivity contribution in [3.63, 3.8) is 0 Å². The molecule has 0 amide bonds. The number of hydrogen-bond donors (Lipinski definition) is 2. The van der Waals surface area contributed by atoms with Crippen molar-refractivity contribution in [3.05, 3.63) is 64.2 Å². The van der Waals surface area contributed by atoms with Crippen molar-refractivity contribution in [3.8, 4) is 5.75 Å². The van der Waals surface area contributed by atoms with Gasteiger partial charge in [0.2, 0.25) is 0 Å². The molecule has 0 radical (unpaired) electrons. The van der Waals surface area contributed by atoms with Gasteiger partial charge in [0.25, 0.3) is 0 Å². The van der Waals surface area contributed by atoms with Gasteiger partial charge in [-0.25, -0.2) is 4.79 Å². The van der Waals surface area contributed by atoms with Gasteiger partial charge in [-0.1, -0.05) is 35.9 Å². The maximum absolute atomic E-state index is 10.9. The molecular formula is C14H11ClO3. The Hall–Kier alpha value is -2.00. The van der Waals surface area contributed by atoms with Gasteiger partial charge >= 0.3 is 5.97 Å². The molecule has 2 aromatic rings. The molecule has 0 aliphatic carbocycles. The summed E-state index contributed by atoms with van der Waals surface area (Å²) in [5.74, 6) is -1.31. The number of carboxylic acids is 1. The van der Waals surface area contributed by atoms with Crippen LogP contribution in [-0.2, 0) is 6.42 Å². The van der Waals surface area contributed by atoms with Crippen LogP contribution in [0.3, 0.4) is 0 Å². The van der Waals surface area contributed by atoms with Gasteiger partial charge < -0.3 is 10.2 Å². The molecule has 3 nitrogen and oxygen atoms in total. The molecule has 0 spiro atoms. The van der Waals surface area contributed by atoms with E-state index in [-0.39, 0.29) is 11.3 Å². The highest BCUT2D eigenvalue weighted by Gasteiger charge is 2.12. The first-order chi connectivity index (χ1) is 8.58. The van der Waals surface area contributed by atoms with Crippen LogP contribution < -0.4 is 0 Å². The molecule has 0 heterocycles. The third kappa shape index (κ3) is 2.63. The lowest BCUT2D eigenvalue weighted by Crippen LogP contribution is -1.99. The first-order valence-electron chi connectivity index (χ1n) is 5.36. The Morgan fingerprint density at radius 2 is 1.78 bits per heavy atom. The predicted molar refractivity (Wildman–Crippen MR) is 69.3 cm³/mol. The highest BCUT2D eigenvalue weighted by Crippen LogP contribution is 2.25. The molecule has 2 rings (SSSR count). The number of para-hydroxylation sites is 1. The largest absolute Gasteiger partial charge is 0.507 e. The summed E-state index contributed by atoms with van der Waals surface area (Å²) in [4.78, 5) is 10.9. The third-order valence-corrected chi connectivity index (χ3v) is 2.91. The number of aromatic hydroxyl groups is 1. The minimum Gasteiger partial charge on any atom is -0.507 e. The van der Waals surface area contributed by atoms with E-state index in [0.29, 0.717) is 17.0 Å². The quantitative estimate of drug-likeness (QED) is 0.892. The Labute approximate surface area is 109 Å². The van der Waals surface area contributed by atoms with Gasteiger partial charge in [-0.3, -0.25) is 0 Å². The van der Waals surface area contributed by atoms with E-state index in [4.69, 9.17) is 16.7 Å². The van der Waals surface area contributed by atoms with Crippen molar-refractivity contribution in [2.45, 2.75) is 6.42 Å². The average molecular weight is 263 g/mol. The molecule has 0 atom stereocenters. The SMILES string of the molecule is O=C(O)c1cccc(Cc2ccc(Cl)cc2)c1O. The van der Waals surface area contributed by atoms with Gasteiger partial charge in [0.15, 0.2) is 0 Å². The van der Waals surface area contributed by atoms with Gasteiger partial charge in [-0.15, -0.1) is 0 Å². The summed E-state index contributed by atoms with van der Waals surface area (Å²) in [5.41, 5.74) is 1.45. The number of benzene rings is 2. The minimum atomic E-state index is -1.13. The fourth-order valence-electron chi connectivity index (χ4n) is 1.73. The highest BCUT2D eigenvalue weighted by molar-refractivity contribution is 6.30. The van der Waals surface area contributed by atoms with Gasteiger partial charge in [0.1, 0.15) is 11.3 Å². The van der Waals surface area contributed by atoms with E-state index in [1.165, 1.54) is 6.07 Å². The second-order valence-corrected chi connectivity index (χ2v) is 4.36. The molecule has 0 aromatic heterocycles. The average Bonchev–Trinajstić information content (AvgIpc) is 2.34. The van der Waals surface area contributed by atoms with Crippen molar-refractivity contribution < 1.29 is 15.0 Å². The minimum absolute atomic E-state index is 0.0820. The lowest BCUT2D eigenvalue weighted by atomic mass is 10.0. The normalized spacial score (nSPS) is 10.3. The number of rotatable bonds is 3. The fourth-order valence-corrected chi connectivity index (χ4v) is 1.85. The zero-order chi connectivity index (χ0) is 13.1. The summed E-state index contributed by atoms with van der Waals surface area (Å²) in [6.07, 6.45) is 0.462. The van der Waals surface area contributed by atoms with Gasteiger partial charge in [0.05, 0.1) is 0 Å². The number of phenols is 1. The molecule has 18 heavy (non-hydrogen) atoms. The zero-order valence-electron chi connectivity index (χ0n) is 9.43. The fraction of sp³-hybridized carbons (Fsp3) is 0.0714. The highest BCUT2D eigenvalue weighted by atomic mass is 35.5. The van der Waals surface area contributed by atoms with E-state index in [2.05, 4.69) is 0 Å². The van der Waals surface area contributed by atoms with Crippen molar-refractivity contribution in [2.75, 3.05) is 0 Å². The first-order valence-corrected chi connectivity index (χ1v) is 5.74. The molecular weight excluding hydrogens is 252 g/mol. The van der Waals surface area contributed by atoms with E-state index >= 15 is 0 Å². The van der Waals surface area contributed by atoms with E-state index in [0.717, 1.165) is 5.56 Å². The topological polar surface area (TPSA) is 57.5 Å².